The van der Waals surface area contributed by atoms with Gasteiger partial charge in [-0.05, 0) is 78.1 Å². The topological polar surface area (TPSA) is 250 Å². The number of nitrogens with one attached hydrogen (secondary N) is 1. The number of aromatic hydroxyl groups is 1. The van der Waals surface area contributed by atoms with Crippen LogP contribution in [0.4, 0.5) is 16.2 Å². The van der Waals surface area contributed by atoms with E-state index >= 15 is 0 Å². The zero-order chi connectivity index (χ0) is 38.8. The Morgan fingerprint density at radius 1 is 1.04 bits per heavy atom. The molecule has 2 saturated carbocycles. The summed E-state index contributed by atoms with van der Waals surface area (Å²) in [6, 6.07) is 0.238. The Bertz CT molecular complexity index is 1820. The van der Waals surface area contributed by atoms with Gasteiger partial charge in [0.2, 0.25) is 18.5 Å². The predicted octanol–water partition coefficient (Wildman–Crippen LogP) is 1.12. The molecule has 0 aromatic heterocycles. The molecule has 0 saturated heterocycles. The molecule has 7 N–H and O–H groups in total. The summed E-state index contributed by atoms with van der Waals surface area (Å²) in [7, 11) is 6.40. The number of Topliss-reactive ketones (excluding diaryl/α,β-unsaturated/α-hetero) is 2. The highest BCUT2D eigenvalue weighted by atomic mass is 16.7. The van der Waals surface area contributed by atoms with Gasteiger partial charge in [-0.3, -0.25) is 33.8 Å². The maximum atomic E-state index is 14.2. The molecule has 52 heavy (non-hydrogen) atoms. The molecule has 5 rings (SSSR count). The normalized spacial score (nSPS) is 24.1. The Balaban J connectivity index is 1.50. The predicted molar refractivity (Wildman–Crippen MR) is 184 cm³/mol. The highest BCUT2D eigenvalue weighted by Gasteiger charge is 2.64. The van der Waals surface area contributed by atoms with E-state index in [9.17, 15) is 49.2 Å². The van der Waals surface area contributed by atoms with E-state index in [2.05, 4.69) is 5.32 Å². The summed E-state index contributed by atoms with van der Waals surface area (Å²) < 4.78 is 10.1. The lowest BCUT2D eigenvalue weighted by Crippen LogP contribution is -2.65. The second kappa shape index (κ2) is 13.4. The highest BCUT2D eigenvalue weighted by molar-refractivity contribution is 6.24. The summed E-state index contributed by atoms with van der Waals surface area (Å²) in [5.74, 6) is -9.40. The van der Waals surface area contributed by atoms with Crippen LogP contribution < -0.4 is 16.0 Å². The number of fused-ring (bicyclic) bond motifs is 3. The van der Waals surface area contributed by atoms with Crippen LogP contribution in [0.2, 0.25) is 0 Å². The van der Waals surface area contributed by atoms with Crippen molar-refractivity contribution in [3.63, 3.8) is 0 Å². The minimum Gasteiger partial charge on any atom is -0.508 e. The summed E-state index contributed by atoms with van der Waals surface area (Å²) in [4.78, 5) is 82.2. The van der Waals surface area contributed by atoms with Gasteiger partial charge >= 0.3 is 12.1 Å². The van der Waals surface area contributed by atoms with Crippen molar-refractivity contribution in [1.29, 1.82) is 0 Å². The molecule has 0 unspecified atom stereocenters. The first kappa shape index (κ1) is 38.1. The van der Waals surface area contributed by atoms with Gasteiger partial charge in [-0.1, -0.05) is 0 Å². The van der Waals surface area contributed by atoms with Crippen molar-refractivity contribution in [2.75, 3.05) is 51.7 Å². The number of nitrogens with two attached hydrogens (primary N) is 1. The third-order valence-corrected chi connectivity index (χ3v) is 10.1. The number of aliphatic hydroxyl groups excluding tert-OH is 2. The molecule has 3 amide bonds. The van der Waals surface area contributed by atoms with Crippen LogP contribution in [0.1, 0.15) is 51.2 Å². The van der Waals surface area contributed by atoms with Crippen LogP contribution in [-0.4, -0.2) is 124 Å². The van der Waals surface area contributed by atoms with Crippen molar-refractivity contribution in [1.82, 2.24) is 9.80 Å². The molecular weight excluding hydrogens is 682 g/mol. The second-order valence-electron chi connectivity index (χ2n) is 15.1. The fourth-order valence-corrected chi connectivity index (χ4v) is 7.35. The number of phenols is 1. The molecular formula is C35H45N5O12. The number of benzene rings is 1. The number of aliphatic hydroxyl groups is 3. The SMILES string of the molecule is CN(C)c1cc(NC(=O)CN(C(=O)OCOC(=O)C2CC2)C(C)(C)C)c(O)c2c1C[C@H]1C[C@H]3[C@H](N(C)C)C(=O)C(C(N)=O)=C(O)[C@@]3(O)C(=O)C1=C2O. The first-order valence-electron chi connectivity index (χ1n) is 16.7. The van der Waals surface area contributed by atoms with E-state index in [1.54, 1.807) is 39.8 Å². The van der Waals surface area contributed by atoms with Gasteiger partial charge in [-0.15, -0.1) is 0 Å². The average Bonchev–Trinajstić information content (AvgIpc) is 3.88. The summed E-state index contributed by atoms with van der Waals surface area (Å²) in [5, 5.41) is 48.8. The van der Waals surface area contributed by atoms with Crippen LogP contribution in [-0.2, 0) is 39.9 Å². The third-order valence-electron chi connectivity index (χ3n) is 10.1. The number of amides is 3. The van der Waals surface area contributed by atoms with E-state index in [0.29, 0.717) is 24.1 Å². The molecule has 0 radical (unpaired) electrons. The number of carbonyl (C=O) groups excluding carboxylic acids is 6. The van der Waals surface area contributed by atoms with Crippen molar-refractivity contribution >= 4 is 52.6 Å². The molecule has 17 nitrogen and oxygen atoms in total. The smallest absolute Gasteiger partial charge is 0.413 e. The van der Waals surface area contributed by atoms with Gasteiger partial charge in [-0.2, -0.15) is 0 Å². The Morgan fingerprint density at radius 2 is 1.67 bits per heavy atom. The third kappa shape index (κ3) is 6.42. The summed E-state index contributed by atoms with van der Waals surface area (Å²) >= 11 is 0. The molecule has 0 aliphatic heterocycles. The summed E-state index contributed by atoms with van der Waals surface area (Å²) in [5.41, 5.74) is 0.806. The van der Waals surface area contributed by atoms with Gasteiger partial charge in [-0.25, -0.2) is 4.79 Å². The number of hydrogen-bond acceptors (Lipinski definition) is 14. The van der Waals surface area contributed by atoms with E-state index in [0.717, 1.165) is 4.90 Å². The molecule has 0 heterocycles. The van der Waals surface area contributed by atoms with E-state index in [-0.39, 0.29) is 35.6 Å². The van der Waals surface area contributed by atoms with Crippen LogP contribution in [0, 0.1) is 17.8 Å². The van der Waals surface area contributed by atoms with Crippen molar-refractivity contribution in [2.45, 2.75) is 63.6 Å². The number of anilines is 2. The van der Waals surface area contributed by atoms with Gasteiger partial charge in [0, 0.05) is 36.8 Å². The number of carbonyl (C=O) groups is 6. The fraction of sp³-hybridized carbons (Fsp3) is 0.543. The largest absolute Gasteiger partial charge is 0.508 e. The van der Waals surface area contributed by atoms with Crippen molar-refractivity contribution in [3.05, 3.63) is 34.1 Å². The average molecular weight is 728 g/mol. The minimum absolute atomic E-state index is 0.0405. The quantitative estimate of drug-likeness (QED) is 0.0903. The number of ketones is 2. The van der Waals surface area contributed by atoms with Gasteiger partial charge in [0.05, 0.1) is 23.2 Å². The lowest BCUT2D eigenvalue weighted by Gasteiger charge is -2.50. The van der Waals surface area contributed by atoms with Gasteiger partial charge < -0.3 is 45.9 Å². The van der Waals surface area contributed by atoms with Crippen molar-refractivity contribution in [3.8, 4) is 5.75 Å². The molecule has 17 heteroatoms. The fourth-order valence-electron chi connectivity index (χ4n) is 7.35. The van der Waals surface area contributed by atoms with E-state index in [4.69, 9.17) is 15.2 Å². The van der Waals surface area contributed by atoms with Crippen LogP contribution >= 0.6 is 0 Å². The van der Waals surface area contributed by atoms with Crippen LogP contribution in [0.15, 0.2) is 23.0 Å². The Morgan fingerprint density at radius 3 is 2.21 bits per heavy atom. The molecule has 282 valence electrons. The van der Waals surface area contributed by atoms with Crippen LogP contribution in [0.25, 0.3) is 5.76 Å². The molecule has 4 atom stereocenters. The lowest BCUT2D eigenvalue weighted by atomic mass is 9.57. The first-order valence-corrected chi connectivity index (χ1v) is 16.7. The zero-order valence-electron chi connectivity index (χ0n) is 30.1. The Hall–Kier alpha value is -5.16. The van der Waals surface area contributed by atoms with Gasteiger partial charge in [0.15, 0.2) is 11.4 Å². The molecule has 2 fully saturated rings. The maximum absolute atomic E-state index is 14.2. The Kier molecular flexibility index (Phi) is 9.84. The van der Waals surface area contributed by atoms with Gasteiger partial charge in [0.25, 0.3) is 5.91 Å². The molecule has 0 bridgehead atoms. The second-order valence-corrected chi connectivity index (χ2v) is 15.1. The number of phenolic OH excluding ortho intramolecular Hbond substituents is 1. The molecule has 1 aromatic carbocycles. The number of nitrogens with zero attached hydrogens (tertiary/aromatic N) is 3. The Labute approximate surface area is 299 Å². The van der Waals surface area contributed by atoms with Crippen LogP contribution in [0.5, 0.6) is 5.75 Å². The van der Waals surface area contributed by atoms with Crippen molar-refractivity contribution in [2.24, 2.45) is 23.5 Å². The highest BCUT2D eigenvalue weighted by Crippen LogP contribution is 2.54. The number of likely N-dealkylation sites (N-methyl/N-ethyl adjacent to an activating group) is 1. The minimum atomic E-state index is -2.81. The number of hydrogen-bond donors (Lipinski definition) is 6. The van der Waals surface area contributed by atoms with E-state index < -0.39 is 101 Å². The zero-order valence-corrected chi connectivity index (χ0v) is 30.1. The monoisotopic (exact) mass is 727 g/mol. The molecule has 0 spiro atoms. The molecule has 4 aliphatic carbocycles. The van der Waals surface area contributed by atoms with E-state index in [1.807, 2.05) is 0 Å². The number of rotatable bonds is 9. The number of primary amides is 1. The summed E-state index contributed by atoms with van der Waals surface area (Å²) in [6.45, 7) is 3.77. The van der Waals surface area contributed by atoms with Gasteiger partial charge in [0.1, 0.15) is 29.4 Å². The van der Waals surface area contributed by atoms with Crippen molar-refractivity contribution < 1.29 is 58.7 Å². The number of esters is 1. The standard InChI is InChI=1S/C35H45N5O12/c1-34(2,3)40(33(49)52-14-51-32(48)15-8-9-15)13-21(41)37-19-12-20(38(4)5)17-10-16-11-18-25(39(6)7)28(44)24(31(36)47)30(46)35(18,50)29(45)22(16)27(43)23(17)26(19)42/h12,15-16,18,25,42-43,46,50H,8-11,13-14H2,1-7H3,(H2,36,47)(H,37,41)/t16-,18-,25-,35-/m0/s1. The summed E-state index contributed by atoms with van der Waals surface area (Å²) in [6.07, 6.45) is 0.431. The molecule has 4 aliphatic rings. The number of ether oxygens (including phenoxy) is 2. The maximum Gasteiger partial charge on any atom is 0.413 e. The first-order chi connectivity index (χ1) is 24.1. The molecule has 1 aromatic rings. The van der Waals surface area contributed by atoms with Crippen LogP contribution in [0.3, 0.4) is 0 Å². The van der Waals surface area contributed by atoms with E-state index in [1.165, 1.54) is 25.1 Å². The lowest BCUT2D eigenvalue weighted by molar-refractivity contribution is -0.155.